The molecule has 2 aromatic rings. The van der Waals surface area contributed by atoms with E-state index in [0.717, 1.165) is 19.4 Å². The van der Waals surface area contributed by atoms with Crippen LogP contribution in [0.5, 0.6) is 5.75 Å². The van der Waals surface area contributed by atoms with E-state index in [1.54, 1.807) is 25.3 Å². The molecule has 24 heavy (non-hydrogen) atoms. The predicted octanol–water partition coefficient (Wildman–Crippen LogP) is 3.75. The van der Waals surface area contributed by atoms with Gasteiger partial charge in [-0.05, 0) is 43.2 Å². The molecule has 1 atom stereocenters. The maximum atomic E-state index is 12.5. The fourth-order valence-electron chi connectivity index (χ4n) is 3.17. The van der Waals surface area contributed by atoms with E-state index < -0.39 is 0 Å². The van der Waals surface area contributed by atoms with E-state index in [2.05, 4.69) is 22.3 Å². The molecule has 3 rings (SSSR count). The lowest BCUT2D eigenvalue weighted by Gasteiger charge is -2.27. The van der Waals surface area contributed by atoms with E-state index in [4.69, 9.17) is 16.3 Å². The molecule has 0 spiro atoms. The Morgan fingerprint density at radius 3 is 2.83 bits per heavy atom. The van der Waals surface area contributed by atoms with E-state index in [1.807, 2.05) is 18.2 Å². The average molecular weight is 345 g/mol. The van der Waals surface area contributed by atoms with Gasteiger partial charge in [0.15, 0.2) is 0 Å². The van der Waals surface area contributed by atoms with Gasteiger partial charge in [0.2, 0.25) is 0 Å². The van der Waals surface area contributed by atoms with Crippen molar-refractivity contribution in [3.63, 3.8) is 0 Å². The van der Waals surface area contributed by atoms with Gasteiger partial charge >= 0.3 is 0 Å². The Balaban J connectivity index is 1.67. The van der Waals surface area contributed by atoms with Crippen molar-refractivity contribution in [1.82, 2.24) is 5.32 Å². The average Bonchev–Trinajstić information content (AvgIpc) is 3.09. The lowest BCUT2D eigenvalue weighted by atomic mass is 10.1. The molecule has 0 aliphatic carbocycles. The summed E-state index contributed by atoms with van der Waals surface area (Å²) in [4.78, 5) is 14.9. The quantitative estimate of drug-likeness (QED) is 0.898. The number of amides is 1. The number of carbonyl (C=O) groups excluding carboxylic acids is 1. The molecule has 1 fully saturated rings. The lowest BCUT2D eigenvalue weighted by Crippen LogP contribution is -2.40. The number of hydrogen-bond acceptors (Lipinski definition) is 3. The summed E-state index contributed by atoms with van der Waals surface area (Å²) in [6.45, 7) is 1.62. The van der Waals surface area contributed by atoms with Crippen LogP contribution in [0.1, 0.15) is 23.2 Å². The van der Waals surface area contributed by atoms with Crippen LogP contribution in [-0.2, 0) is 0 Å². The molecule has 2 aromatic carbocycles. The van der Waals surface area contributed by atoms with Crippen molar-refractivity contribution in [3.8, 4) is 5.75 Å². The van der Waals surface area contributed by atoms with Crippen molar-refractivity contribution in [1.29, 1.82) is 0 Å². The van der Waals surface area contributed by atoms with Gasteiger partial charge in [-0.3, -0.25) is 4.79 Å². The zero-order valence-corrected chi connectivity index (χ0v) is 14.4. The Kier molecular flexibility index (Phi) is 5.26. The first-order valence-corrected chi connectivity index (χ1v) is 8.50. The SMILES string of the molecule is COc1ccc(Cl)cc1C(=O)NC[C@@H]1CCCN1c1ccccc1. The summed E-state index contributed by atoms with van der Waals surface area (Å²) in [5.74, 6) is 0.373. The number of ether oxygens (including phenoxy) is 1. The van der Waals surface area contributed by atoms with Gasteiger partial charge in [0.1, 0.15) is 5.75 Å². The first-order valence-electron chi connectivity index (χ1n) is 8.12. The highest BCUT2D eigenvalue weighted by molar-refractivity contribution is 6.31. The van der Waals surface area contributed by atoms with Gasteiger partial charge in [0, 0.05) is 29.8 Å². The van der Waals surface area contributed by atoms with E-state index in [0.29, 0.717) is 28.9 Å². The third-order valence-corrected chi connectivity index (χ3v) is 4.60. The van der Waals surface area contributed by atoms with Gasteiger partial charge in [-0.1, -0.05) is 29.8 Å². The number of nitrogens with zero attached hydrogens (tertiary/aromatic N) is 1. The number of rotatable bonds is 5. The molecule has 5 heteroatoms. The fourth-order valence-corrected chi connectivity index (χ4v) is 3.34. The van der Waals surface area contributed by atoms with Crippen molar-refractivity contribution in [3.05, 3.63) is 59.1 Å². The van der Waals surface area contributed by atoms with Crippen LogP contribution in [0.4, 0.5) is 5.69 Å². The molecule has 126 valence electrons. The topological polar surface area (TPSA) is 41.6 Å². The van der Waals surface area contributed by atoms with E-state index >= 15 is 0 Å². The Labute approximate surface area is 147 Å². The Morgan fingerprint density at radius 2 is 2.08 bits per heavy atom. The largest absolute Gasteiger partial charge is 0.496 e. The van der Waals surface area contributed by atoms with Crippen LogP contribution < -0.4 is 15.0 Å². The summed E-state index contributed by atoms with van der Waals surface area (Å²) >= 11 is 6.00. The fraction of sp³-hybridized carbons (Fsp3) is 0.316. The molecule has 1 saturated heterocycles. The van der Waals surface area contributed by atoms with Gasteiger partial charge in [0.25, 0.3) is 5.91 Å². The van der Waals surface area contributed by atoms with Crippen LogP contribution in [0.25, 0.3) is 0 Å². The van der Waals surface area contributed by atoms with Crippen LogP contribution in [-0.4, -0.2) is 32.1 Å². The van der Waals surface area contributed by atoms with Gasteiger partial charge in [-0.15, -0.1) is 0 Å². The van der Waals surface area contributed by atoms with Gasteiger partial charge in [-0.2, -0.15) is 0 Å². The van der Waals surface area contributed by atoms with Crippen LogP contribution in [0.15, 0.2) is 48.5 Å². The molecule has 4 nitrogen and oxygen atoms in total. The van der Waals surface area contributed by atoms with Crippen LogP contribution in [0.3, 0.4) is 0 Å². The molecule has 1 N–H and O–H groups in total. The van der Waals surface area contributed by atoms with E-state index in [-0.39, 0.29) is 5.91 Å². The zero-order valence-electron chi connectivity index (χ0n) is 13.7. The molecule has 1 aliphatic heterocycles. The van der Waals surface area contributed by atoms with Gasteiger partial charge in [-0.25, -0.2) is 0 Å². The molecule has 1 heterocycles. The Hall–Kier alpha value is -2.20. The number of para-hydroxylation sites is 1. The summed E-state index contributed by atoms with van der Waals surface area (Å²) in [7, 11) is 1.55. The highest BCUT2D eigenvalue weighted by atomic mass is 35.5. The van der Waals surface area contributed by atoms with Crippen LogP contribution in [0.2, 0.25) is 5.02 Å². The first kappa shape index (κ1) is 16.7. The van der Waals surface area contributed by atoms with Gasteiger partial charge in [0.05, 0.1) is 12.7 Å². The summed E-state index contributed by atoms with van der Waals surface area (Å²) in [5.41, 5.74) is 1.67. The minimum absolute atomic E-state index is 0.158. The lowest BCUT2D eigenvalue weighted by molar-refractivity contribution is 0.0948. The third-order valence-electron chi connectivity index (χ3n) is 4.37. The number of benzene rings is 2. The number of hydrogen-bond donors (Lipinski definition) is 1. The molecule has 1 aliphatic rings. The van der Waals surface area contributed by atoms with Gasteiger partial charge < -0.3 is 15.0 Å². The Morgan fingerprint density at radius 1 is 1.29 bits per heavy atom. The summed E-state index contributed by atoms with van der Waals surface area (Å²) in [6, 6.07) is 15.7. The normalized spacial score (nSPS) is 16.9. The van der Waals surface area contributed by atoms with Crippen molar-refractivity contribution in [2.75, 3.05) is 25.1 Å². The van der Waals surface area contributed by atoms with Crippen molar-refractivity contribution in [2.24, 2.45) is 0 Å². The number of carbonyl (C=O) groups is 1. The molecule has 1 amide bonds. The maximum Gasteiger partial charge on any atom is 0.255 e. The number of nitrogens with one attached hydrogen (secondary N) is 1. The smallest absolute Gasteiger partial charge is 0.255 e. The van der Waals surface area contributed by atoms with Crippen molar-refractivity contribution >= 4 is 23.2 Å². The standard InChI is InChI=1S/C19H21ClN2O2/c1-24-18-10-9-14(20)12-17(18)19(23)21-13-16-8-5-11-22(16)15-6-3-2-4-7-15/h2-4,6-7,9-10,12,16H,5,8,11,13H2,1H3,(H,21,23)/t16-/m0/s1. The van der Waals surface area contributed by atoms with Crippen LogP contribution >= 0.6 is 11.6 Å². The third kappa shape index (κ3) is 3.65. The maximum absolute atomic E-state index is 12.5. The summed E-state index contributed by atoms with van der Waals surface area (Å²) < 4.78 is 5.25. The second kappa shape index (κ2) is 7.58. The summed E-state index contributed by atoms with van der Waals surface area (Å²) in [5, 5.41) is 3.54. The first-order chi connectivity index (χ1) is 11.7. The molecule has 0 unspecified atom stereocenters. The number of methoxy groups -OCH3 is 1. The van der Waals surface area contributed by atoms with E-state index in [9.17, 15) is 4.79 Å². The molecular formula is C19H21ClN2O2. The Bertz CT molecular complexity index is 706. The molecule has 0 radical (unpaired) electrons. The molecular weight excluding hydrogens is 324 g/mol. The number of halogens is 1. The van der Waals surface area contributed by atoms with Crippen molar-refractivity contribution < 1.29 is 9.53 Å². The highest BCUT2D eigenvalue weighted by Gasteiger charge is 2.25. The molecule has 0 bridgehead atoms. The molecule has 0 aromatic heterocycles. The minimum atomic E-state index is -0.158. The predicted molar refractivity (Wildman–Crippen MR) is 97.1 cm³/mol. The van der Waals surface area contributed by atoms with Crippen molar-refractivity contribution in [2.45, 2.75) is 18.9 Å². The van der Waals surface area contributed by atoms with Crippen LogP contribution in [0, 0.1) is 0 Å². The zero-order chi connectivity index (χ0) is 16.9. The second-order valence-electron chi connectivity index (χ2n) is 5.88. The minimum Gasteiger partial charge on any atom is -0.496 e. The summed E-state index contributed by atoms with van der Waals surface area (Å²) in [6.07, 6.45) is 2.21. The molecule has 0 saturated carbocycles. The van der Waals surface area contributed by atoms with E-state index in [1.165, 1.54) is 5.69 Å². The highest BCUT2D eigenvalue weighted by Crippen LogP contribution is 2.25. The monoisotopic (exact) mass is 344 g/mol. The number of anilines is 1. The second-order valence-corrected chi connectivity index (χ2v) is 6.32.